The average Bonchev–Trinajstić information content (AvgIpc) is 2.28. The van der Waals surface area contributed by atoms with Crippen molar-refractivity contribution >= 4 is 0 Å². The monoisotopic (exact) mass is 134 g/mol. The molecule has 5 atom stereocenters. The molecule has 54 valence electrons. The summed E-state index contributed by atoms with van der Waals surface area (Å²) in [5, 5.41) is 0. The van der Waals surface area contributed by atoms with E-state index in [1.165, 1.54) is 5.92 Å². The van der Waals surface area contributed by atoms with Crippen molar-refractivity contribution in [2.24, 2.45) is 28.1 Å². The summed E-state index contributed by atoms with van der Waals surface area (Å²) in [6, 6.07) is 0. The molecule has 5 rings (SSSR count). The van der Waals surface area contributed by atoms with Crippen LogP contribution >= 0.6 is 0 Å². The van der Waals surface area contributed by atoms with Crippen molar-refractivity contribution in [3.05, 3.63) is 0 Å². The van der Waals surface area contributed by atoms with E-state index >= 15 is 0 Å². The standard InChI is InChI=1S/C10H14/c1-6-7-9-4-3-8(9,2)10(6,7)5-9/h6-7H,3-5H2,1-2H3. The maximum absolute atomic E-state index is 2.56. The molecule has 0 radical (unpaired) electrons. The van der Waals surface area contributed by atoms with Crippen LogP contribution in [0, 0.1) is 28.1 Å². The third-order valence-electron chi connectivity index (χ3n) is 6.16. The van der Waals surface area contributed by atoms with Crippen LogP contribution in [0.2, 0.25) is 0 Å². The van der Waals surface area contributed by atoms with E-state index in [1.807, 2.05) is 0 Å². The Morgan fingerprint density at radius 3 is 2.30 bits per heavy atom. The summed E-state index contributed by atoms with van der Waals surface area (Å²) < 4.78 is 0. The first-order chi connectivity index (χ1) is 4.69. The van der Waals surface area contributed by atoms with Gasteiger partial charge in [0.1, 0.15) is 0 Å². The molecule has 0 N–H and O–H groups in total. The van der Waals surface area contributed by atoms with Gasteiger partial charge in [0.05, 0.1) is 0 Å². The van der Waals surface area contributed by atoms with Gasteiger partial charge in [-0.25, -0.2) is 0 Å². The molecule has 0 aromatic heterocycles. The quantitative estimate of drug-likeness (QED) is 0.477. The van der Waals surface area contributed by atoms with E-state index < -0.39 is 0 Å². The zero-order valence-corrected chi connectivity index (χ0v) is 6.78. The van der Waals surface area contributed by atoms with Crippen molar-refractivity contribution in [3.63, 3.8) is 0 Å². The smallest absolute Gasteiger partial charge is 0.0167 e. The Kier molecular flexibility index (Phi) is 0.379. The lowest BCUT2D eigenvalue weighted by molar-refractivity contribution is -0.348. The van der Waals surface area contributed by atoms with Gasteiger partial charge < -0.3 is 0 Å². The van der Waals surface area contributed by atoms with Crippen molar-refractivity contribution in [3.8, 4) is 0 Å². The van der Waals surface area contributed by atoms with E-state index in [0.29, 0.717) is 0 Å². The lowest BCUT2D eigenvalue weighted by Gasteiger charge is -2.83. The van der Waals surface area contributed by atoms with Crippen molar-refractivity contribution in [2.75, 3.05) is 0 Å². The Labute approximate surface area is 62.0 Å². The predicted molar refractivity (Wildman–Crippen MR) is 39.5 cm³/mol. The number of hydrogen-bond donors (Lipinski definition) is 0. The Bertz CT molecular complexity index is 240. The first kappa shape index (κ1) is 4.79. The molecule has 0 amide bonds. The molecule has 0 nitrogen and oxygen atoms in total. The van der Waals surface area contributed by atoms with Gasteiger partial charge in [-0.1, -0.05) is 13.8 Å². The summed E-state index contributed by atoms with van der Waals surface area (Å²) in [6.07, 6.45) is 4.77. The minimum Gasteiger partial charge on any atom is -0.0616 e. The molecule has 0 heterocycles. The highest BCUT2D eigenvalue weighted by atomic mass is 15.1. The van der Waals surface area contributed by atoms with Gasteiger partial charge in [0.2, 0.25) is 0 Å². The summed E-state index contributed by atoms with van der Waals surface area (Å²) in [5.41, 5.74) is 2.75. The van der Waals surface area contributed by atoms with Crippen LogP contribution in [0.5, 0.6) is 0 Å². The zero-order chi connectivity index (χ0) is 6.78. The van der Waals surface area contributed by atoms with Gasteiger partial charge in [-0.2, -0.15) is 0 Å². The van der Waals surface area contributed by atoms with Gasteiger partial charge in [-0.05, 0) is 47.3 Å². The molecule has 5 aliphatic rings. The van der Waals surface area contributed by atoms with Crippen LogP contribution in [0.1, 0.15) is 33.1 Å². The Morgan fingerprint density at radius 2 is 2.10 bits per heavy atom. The second-order valence-electron chi connectivity index (χ2n) is 5.47. The van der Waals surface area contributed by atoms with Crippen LogP contribution in [0.3, 0.4) is 0 Å². The molecule has 0 saturated heterocycles. The summed E-state index contributed by atoms with van der Waals surface area (Å²) in [4.78, 5) is 0. The molecule has 5 saturated carbocycles. The fraction of sp³-hybridized carbons (Fsp3) is 1.00. The van der Waals surface area contributed by atoms with Crippen molar-refractivity contribution in [1.82, 2.24) is 0 Å². The third kappa shape index (κ3) is 0.151. The van der Waals surface area contributed by atoms with Gasteiger partial charge >= 0.3 is 0 Å². The van der Waals surface area contributed by atoms with Gasteiger partial charge in [0.25, 0.3) is 0 Å². The second-order valence-corrected chi connectivity index (χ2v) is 5.47. The van der Waals surface area contributed by atoms with Crippen LogP contribution in [0.15, 0.2) is 0 Å². The van der Waals surface area contributed by atoms with Crippen LogP contribution in [0.25, 0.3) is 0 Å². The van der Waals surface area contributed by atoms with E-state index in [-0.39, 0.29) is 0 Å². The fourth-order valence-corrected chi connectivity index (χ4v) is 5.53. The molecule has 0 aliphatic heterocycles. The summed E-state index contributed by atoms with van der Waals surface area (Å²) in [7, 11) is 0. The van der Waals surface area contributed by atoms with E-state index in [2.05, 4.69) is 13.8 Å². The summed E-state index contributed by atoms with van der Waals surface area (Å²) in [6.45, 7) is 5.04. The number of hydrogen-bond acceptors (Lipinski definition) is 0. The lowest BCUT2D eigenvalue weighted by atomic mass is 9.21. The highest BCUT2D eigenvalue weighted by Crippen LogP contribution is 3.07. The van der Waals surface area contributed by atoms with E-state index in [1.54, 1.807) is 19.3 Å². The van der Waals surface area contributed by atoms with Crippen LogP contribution in [-0.4, -0.2) is 0 Å². The van der Waals surface area contributed by atoms with Crippen molar-refractivity contribution in [1.29, 1.82) is 0 Å². The molecule has 0 aromatic rings. The highest BCUT2D eigenvalue weighted by molar-refractivity contribution is 5.49. The first-order valence-electron chi connectivity index (χ1n) is 4.69. The van der Waals surface area contributed by atoms with E-state index in [0.717, 1.165) is 22.2 Å². The minimum absolute atomic E-state index is 0.879. The Morgan fingerprint density at radius 1 is 1.30 bits per heavy atom. The van der Waals surface area contributed by atoms with E-state index in [4.69, 9.17) is 0 Å². The average molecular weight is 134 g/mol. The molecule has 2 spiro atoms. The van der Waals surface area contributed by atoms with Gasteiger partial charge in [-0.15, -0.1) is 0 Å². The molecule has 2 bridgehead atoms. The van der Waals surface area contributed by atoms with E-state index in [9.17, 15) is 0 Å². The van der Waals surface area contributed by atoms with Gasteiger partial charge in [-0.3, -0.25) is 0 Å². The predicted octanol–water partition coefficient (Wildman–Crippen LogP) is 2.44. The highest BCUT2D eigenvalue weighted by Gasteiger charge is 3.02. The minimum atomic E-state index is 0.879. The molecular formula is C10H14. The molecular weight excluding hydrogens is 120 g/mol. The molecule has 10 heavy (non-hydrogen) atoms. The Hall–Kier alpha value is 0. The molecule has 5 fully saturated rings. The maximum atomic E-state index is 2.56. The fourth-order valence-electron chi connectivity index (χ4n) is 5.53. The normalized spacial score (nSPS) is 87.0. The van der Waals surface area contributed by atoms with Gasteiger partial charge in [0, 0.05) is 0 Å². The SMILES string of the molecule is CC1C2C34CCC3(C)C12C4. The lowest BCUT2D eigenvalue weighted by Crippen LogP contribution is -2.76. The first-order valence-corrected chi connectivity index (χ1v) is 4.69. The molecule has 0 heteroatoms. The topological polar surface area (TPSA) is 0 Å². The zero-order valence-electron chi connectivity index (χ0n) is 6.78. The van der Waals surface area contributed by atoms with Crippen LogP contribution in [0.4, 0.5) is 0 Å². The Balaban J connectivity index is 1.96. The largest absolute Gasteiger partial charge is 0.0616 e. The summed E-state index contributed by atoms with van der Waals surface area (Å²) >= 11 is 0. The van der Waals surface area contributed by atoms with Gasteiger partial charge in [0.15, 0.2) is 0 Å². The van der Waals surface area contributed by atoms with Crippen molar-refractivity contribution in [2.45, 2.75) is 33.1 Å². The third-order valence-corrected chi connectivity index (χ3v) is 6.16. The maximum Gasteiger partial charge on any atom is -0.0167 e. The number of rotatable bonds is 0. The van der Waals surface area contributed by atoms with Crippen molar-refractivity contribution < 1.29 is 0 Å². The van der Waals surface area contributed by atoms with Crippen LogP contribution < -0.4 is 0 Å². The molecule has 0 aromatic carbocycles. The second kappa shape index (κ2) is 0.790. The summed E-state index contributed by atoms with van der Waals surface area (Å²) in [5.74, 6) is 2.35. The molecule has 5 unspecified atom stereocenters. The molecule has 5 aliphatic carbocycles. The van der Waals surface area contributed by atoms with Crippen LogP contribution in [-0.2, 0) is 0 Å².